The van der Waals surface area contributed by atoms with Crippen LogP contribution in [0.5, 0.6) is 5.75 Å². The topological polar surface area (TPSA) is 44.8 Å². The SMILES string of the molecule is COc1ccc(N2CCN([C@H](C)C(=O)Nc3cccc(C(F)(F)F)c3)CC2)cc1. The third-order valence-corrected chi connectivity index (χ3v) is 5.14. The highest BCUT2D eigenvalue weighted by molar-refractivity contribution is 5.94. The maximum atomic E-state index is 12.8. The Balaban J connectivity index is 1.56. The minimum atomic E-state index is -4.44. The molecule has 2 aromatic carbocycles. The lowest BCUT2D eigenvalue weighted by Gasteiger charge is -2.38. The molecular formula is C21H24F3N3O2. The van der Waals surface area contributed by atoms with E-state index in [1.165, 1.54) is 12.1 Å². The van der Waals surface area contributed by atoms with Crippen LogP contribution in [0.25, 0.3) is 0 Å². The average molecular weight is 407 g/mol. The highest BCUT2D eigenvalue weighted by Gasteiger charge is 2.31. The largest absolute Gasteiger partial charge is 0.497 e. The zero-order valence-electron chi connectivity index (χ0n) is 16.4. The van der Waals surface area contributed by atoms with E-state index >= 15 is 0 Å². The van der Waals surface area contributed by atoms with Crippen LogP contribution in [0.1, 0.15) is 12.5 Å². The van der Waals surface area contributed by atoms with Gasteiger partial charge in [0.2, 0.25) is 5.91 Å². The molecule has 29 heavy (non-hydrogen) atoms. The molecule has 0 aliphatic carbocycles. The lowest BCUT2D eigenvalue weighted by Crippen LogP contribution is -2.52. The summed E-state index contributed by atoms with van der Waals surface area (Å²) in [4.78, 5) is 16.8. The quantitative estimate of drug-likeness (QED) is 0.818. The second kappa shape index (κ2) is 8.73. The van der Waals surface area contributed by atoms with Crippen molar-refractivity contribution < 1.29 is 22.7 Å². The number of anilines is 2. The predicted molar refractivity (Wildman–Crippen MR) is 106 cm³/mol. The van der Waals surface area contributed by atoms with Crippen molar-refractivity contribution in [3.8, 4) is 5.75 Å². The van der Waals surface area contributed by atoms with Gasteiger partial charge in [-0.3, -0.25) is 9.69 Å². The lowest BCUT2D eigenvalue weighted by molar-refractivity contribution is -0.137. The molecule has 0 radical (unpaired) electrons. The van der Waals surface area contributed by atoms with Crippen molar-refractivity contribution in [3.63, 3.8) is 0 Å². The van der Waals surface area contributed by atoms with Crippen molar-refractivity contribution in [2.75, 3.05) is 43.5 Å². The van der Waals surface area contributed by atoms with E-state index in [4.69, 9.17) is 4.74 Å². The number of rotatable bonds is 5. The van der Waals surface area contributed by atoms with Gasteiger partial charge in [0.05, 0.1) is 18.7 Å². The summed E-state index contributed by atoms with van der Waals surface area (Å²) in [6.45, 7) is 4.65. The lowest BCUT2D eigenvalue weighted by atomic mass is 10.1. The van der Waals surface area contributed by atoms with Crippen molar-refractivity contribution in [1.29, 1.82) is 0 Å². The third-order valence-electron chi connectivity index (χ3n) is 5.14. The van der Waals surface area contributed by atoms with Gasteiger partial charge < -0.3 is 15.0 Å². The summed E-state index contributed by atoms with van der Waals surface area (Å²) in [6.07, 6.45) is -4.44. The molecule has 0 unspecified atom stereocenters. The molecule has 0 aromatic heterocycles. The number of amides is 1. The fourth-order valence-corrected chi connectivity index (χ4v) is 3.35. The van der Waals surface area contributed by atoms with E-state index in [1.54, 1.807) is 14.0 Å². The molecule has 1 heterocycles. The Morgan fingerprint density at radius 1 is 1.07 bits per heavy atom. The van der Waals surface area contributed by atoms with Gasteiger partial charge in [-0.05, 0) is 49.4 Å². The molecule has 1 saturated heterocycles. The molecule has 0 spiro atoms. The molecule has 5 nitrogen and oxygen atoms in total. The number of carbonyl (C=O) groups is 1. The molecule has 0 bridgehead atoms. The first-order valence-electron chi connectivity index (χ1n) is 9.39. The molecule has 1 aliphatic rings. The van der Waals surface area contributed by atoms with Gasteiger partial charge >= 0.3 is 6.18 Å². The highest BCUT2D eigenvalue weighted by Crippen LogP contribution is 2.30. The number of nitrogens with zero attached hydrogens (tertiary/aromatic N) is 2. The number of nitrogens with one attached hydrogen (secondary N) is 1. The van der Waals surface area contributed by atoms with Crippen LogP contribution in [0.2, 0.25) is 0 Å². The number of ether oxygens (including phenoxy) is 1. The van der Waals surface area contributed by atoms with Crippen molar-refractivity contribution >= 4 is 17.3 Å². The van der Waals surface area contributed by atoms with E-state index in [2.05, 4.69) is 10.2 Å². The first-order valence-corrected chi connectivity index (χ1v) is 9.39. The Morgan fingerprint density at radius 3 is 2.31 bits per heavy atom. The number of piperazine rings is 1. The Kier molecular flexibility index (Phi) is 6.32. The summed E-state index contributed by atoms with van der Waals surface area (Å²) in [7, 11) is 1.62. The summed E-state index contributed by atoms with van der Waals surface area (Å²) in [5.74, 6) is 0.481. The fourth-order valence-electron chi connectivity index (χ4n) is 3.35. The fraction of sp³-hybridized carbons (Fsp3) is 0.381. The van der Waals surface area contributed by atoms with Gasteiger partial charge in [0.25, 0.3) is 0 Å². The molecule has 1 aliphatic heterocycles. The molecule has 3 rings (SSSR count). The standard InChI is InChI=1S/C21H24F3N3O2/c1-15(20(28)25-17-5-3-4-16(14-17)21(22,23)24)26-10-12-27(13-11-26)18-6-8-19(29-2)9-7-18/h3-9,14-15H,10-13H2,1-2H3,(H,25,28)/t15-/m1/s1. The van der Waals surface area contributed by atoms with Gasteiger partial charge in [-0.1, -0.05) is 6.07 Å². The molecular weight excluding hydrogens is 383 g/mol. The smallest absolute Gasteiger partial charge is 0.416 e. The summed E-state index contributed by atoms with van der Waals surface area (Å²) in [6, 6.07) is 12.1. The molecule has 0 saturated carbocycles. The predicted octanol–water partition coefficient (Wildman–Crippen LogP) is 3.86. The van der Waals surface area contributed by atoms with Crippen LogP contribution >= 0.6 is 0 Å². The molecule has 1 amide bonds. The number of carbonyl (C=O) groups excluding carboxylic acids is 1. The number of halogens is 3. The first kappa shape index (κ1) is 21.0. The molecule has 1 N–H and O–H groups in total. The van der Waals surface area contributed by atoms with Gasteiger partial charge in [-0.15, -0.1) is 0 Å². The van der Waals surface area contributed by atoms with Crippen molar-refractivity contribution in [2.24, 2.45) is 0 Å². The zero-order valence-corrected chi connectivity index (χ0v) is 16.4. The highest BCUT2D eigenvalue weighted by atomic mass is 19.4. The Labute approximate surface area is 168 Å². The average Bonchev–Trinajstić information content (AvgIpc) is 2.73. The molecule has 8 heteroatoms. The summed E-state index contributed by atoms with van der Waals surface area (Å²) < 4.78 is 43.7. The molecule has 1 fully saturated rings. The number of alkyl halides is 3. The van der Waals surface area contributed by atoms with Crippen LogP contribution in [0, 0.1) is 0 Å². The van der Waals surface area contributed by atoms with E-state index in [-0.39, 0.29) is 11.6 Å². The number of benzene rings is 2. The Hall–Kier alpha value is -2.74. The Morgan fingerprint density at radius 2 is 1.72 bits per heavy atom. The minimum Gasteiger partial charge on any atom is -0.497 e. The van der Waals surface area contributed by atoms with E-state index in [9.17, 15) is 18.0 Å². The maximum Gasteiger partial charge on any atom is 0.416 e. The number of hydrogen-bond donors (Lipinski definition) is 1. The van der Waals surface area contributed by atoms with Crippen molar-refractivity contribution in [2.45, 2.75) is 19.1 Å². The van der Waals surface area contributed by atoms with Crippen LogP contribution in [0.15, 0.2) is 48.5 Å². The summed E-state index contributed by atoms with van der Waals surface area (Å²) in [5.41, 5.74) is 0.455. The van der Waals surface area contributed by atoms with Crippen LogP contribution < -0.4 is 15.0 Å². The maximum absolute atomic E-state index is 12.8. The van der Waals surface area contributed by atoms with Gasteiger partial charge in [0.15, 0.2) is 0 Å². The van der Waals surface area contributed by atoms with Crippen LogP contribution in [0.4, 0.5) is 24.5 Å². The van der Waals surface area contributed by atoms with Gasteiger partial charge in [0.1, 0.15) is 5.75 Å². The minimum absolute atomic E-state index is 0.147. The van der Waals surface area contributed by atoms with E-state index in [0.717, 1.165) is 36.7 Å². The molecule has 1 atom stereocenters. The van der Waals surface area contributed by atoms with E-state index < -0.39 is 17.8 Å². The van der Waals surface area contributed by atoms with Crippen molar-refractivity contribution in [1.82, 2.24) is 4.90 Å². The van der Waals surface area contributed by atoms with Crippen molar-refractivity contribution in [3.05, 3.63) is 54.1 Å². The monoisotopic (exact) mass is 407 g/mol. The van der Waals surface area contributed by atoms with Gasteiger partial charge in [-0.25, -0.2) is 0 Å². The number of hydrogen-bond acceptors (Lipinski definition) is 4. The van der Waals surface area contributed by atoms with E-state index in [1.807, 2.05) is 29.2 Å². The van der Waals surface area contributed by atoms with Crippen LogP contribution in [0.3, 0.4) is 0 Å². The first-order chi connectivity index (χ1) is 13.8. The second-order valence-electron chi connectivity index (χ2n) is 6.96. The zero-order chi connectivity index (χ0) is 21.0. The molecule has 156 valence electrons. The van der Waals surface area contributed by atoms with Crippen LogP contribution in [-0.2, 0) is 11.0 Å². The second-order valence-corrected chi connectivity index (χ2v) is 6.96. The van der Waals surface area contributed by atoms with Crippen LogP contribution in [-0.4, -0.2) is 50.1 Å². The normalized spacial score (nSPS) is 16.4. The van der Waals surface area contributed by atoms with Gasteiger partial charge in [-0.2, -0.15) is 13.2 Å². The van der Waals surface area contributed by atoms with Gasteiger partial charge in [0, 0.05) is 37.6 Å². The summed E-state index contributed by atoms with van der Waals surface area (Å²) >= 11 is 0. The number of methoxy groups -OCH3 is 1. The summed E-state index contributed by atoms with van der Waals surface area (Å²) in [5, 5.41) is 2.60. The Bertz CT molecular complexity index is 832. The third kappa shape index (κ3) is 5.20. The molecule has 2 aromatic rings. The van der Waals surface area contributed by atoms with E-state index in [0.29, 0.717) is 13.1 Å².